The number of piperidine rings is 1. The van der Waals surface area contributed by atoms with Crippen LogP contribution in [0.25, 0.3) is 11.4 Å². The summed E-state index contributed by atoms with van der Waals surface area (Å²) in [5.74, 6) is 2.27. The Morgan fingerprint density at radius 2 is 1.93 bits per heavy atom. The maximum atomic E-state index is 12.4. The molecule has 2 aromatic rings. The Morgan fingerprint density at radius 3 is 2.67 bits per heavy atom. The molecular formula is C21H26N4O2. The van der Waals surface area contributed by atoms with Crippen molar-refractivity contribution in [2.45, 2.75) is 38.8 Å². The Hall–Kier alpha value is -2.63. The molecule has 0 saturated carbocycles. The van der Waals surface area contributed by atoms with Crippen LogP contribution in [0.3, 0.4) is 0 Å². The molecule has 2 atom stereocenters. The minimum absolute atomic E-state index is 0.222. The standard InChI is InChI=1S/C21H26N4O2/c1-21(2,3)27-20(26)24-12-10-16-13-25(17(16)14-24)18-9-11-22-19(23-18)15-7-5-4-6-8-15/h4-9,11,16-17H,10,12-14H2,1-3H3/t16-,17-/m0/s1. The molecule has 3 heterocycles. The first-order valence-corrected chi connectivity index (χ1v) is 9.54. The van der Waals surface area contributed by atoms with Crippen LogP contribution in [0.1, 0.15) is 27.2 Å². The van der Waals surface area contributed by atoms with Gasteiger partial charge in [-0.25, -0.2) is 14.8 Å². The molecule has 6 heteroatoms. The number of ether oxygens (including phenoxy) is 1. The molecule has 1 aromatic heterocycles. The highest BCUT2D eigenvalue weighted by Gasteiger charge is 2.44. The van der Waals surface area contributed by atoms with Gasteiger partial charge in [0.05, 0.1) is 6.04 Å². The molecule has 0 aliphatic carbocycles. The smallest absolute Gasteiger partial charge is 0.410 e. The third-order valence-corrected chi connectivity index (χ3v) is 5.17. The zero-order valence-electron chi connectivity index (χ0n) is 16.1. The Labute approximate surface area is 160 Å². The SMILES string of the molecule is CC(C)(C)OC(=O)N1CC[C@H]2CN(c3ccnc(-c4ccccc4)n3)[C@H]2C1. The summed E-state index contributed by atoms with van der Waals surface area (Å²) in [6.07, 6.45) is 2.60. The summed E-state index contributed by atoms with van der Waals surface area (Å²) in [5, 5.41) is 0. The van der Waals surface area contributed by atoms with Crippen LogP contribution in [0.2, 0.25) is 0 Å². The van der Waals surface area contributed by atoms with Crippen LogP contribution in [0.5, 0.6) is 0 Å². The predicted molar refractivity (Wildman–Crippen MR) is 105 cm³/mol. The number of hydrogen-bond donors (Lipinski definition) is 0. The number of nitrogens with zero attached hydrogens (tertiary/aromatic N) is 4. The molecule has 6 nitrogen and oxygen atoms in total. The highest BCUT2D eigenvalue weighted by atomic mass is 16.6. The largest absolute Gasteiger partial charge is 0.444 e. The van der Waals surface area contributed by atoms with Gasteiger partial charge >= 0.3 is 6.09 Å². The lowest BCUT2D eigenvalue weighted by Crippen LogP contribution is -2.65. The van der Waals surface area contributed by atoms with E-state index in [-0.39, 0.29) is 6.09 Å². The molecule has 0 bridgehead atoms. The lowest BCUT2D eigenvalue weighted by Gasteiger charge is -2.53. The first-order chi connectivity index (χ1) is 12.9. The zero-order valence-corrected chi connectivity index (χ0v) is 16.1. The second-order valence-electron chi connectivity index (χ2n) is 8.30. The van der Waals surface area contributed by atoms with E-state index in [2.05, 4.69) is 9.88 Å². The Bertz CT molecular complexity index is 818. The van der Waals surface area contributed by atoms with Crippen molar-refractivity contribution in [1.82, 2.24) is 14.9 Å². The number of hydrogen-bond acceptors (Lipinski definition) is 5. The van der Waals surface area contributed by atoms with Crippen molar-refractivity contribution in [2.75, 3.05) is 24.5 Å². The first kappa shape index (κ1) is 17.8. The van der Waals surface area contributed by atoms with E-state index in [1.807, 2.05) is 68.3 Å². The summed E-state index contributed by atoms with van der Waals surface area (Å²) in [7, 11) is 0. The van der Waals surface area contributed by atoms with Gasteiger partial charge in [-0.1, -0.05) is 30.3 Å². The van der Waals surface area contributed by atoms with Crippen molar-refractivity contribution in [3.63, 3.8) is 0 Å². The van der Waals surface area contributed by atoms with Gasteiger partial charge in [-0.05, 0) is 33.3 Å². The van der Waals surface area contributed by atoms with Gasteiger partial charge in [-0.3, -0.25) is 0 Å². The second kappa shape index (κ2) is 6.83. The van der Waals surface area contributed by atoms with Crippen molar-refractivity contribution in [2.24, 2.45) is 5.92 Å². The zero-order chi connectivity index (χ0) is 19.0. The fourth-order valence-corrected chi connectivity index (χ4v) is 3.79. The van der Waals surface area contributed by atoms with Crippen LogP contribution in [-0.2, 0) is 4.74 Å². The molecule has 2 saturated heterocycles. The summed E-state index contributed by atoms with van der Waals surface area (Å²) in [6, 6.07) is 12.3. The highest BCUT2D eigenvalue weighted by molar-refractivity contribution is 5.68. The predicted octanol–water partition coefficient (Wildman–Crippen LogP) is 3.59. The normalized spacial score (nSPS) is 22.0. The number of aromatic nitrogens is 2. The van der Waals surface area contributed by atoms with Gasteiger partial charge in [0.15, 0.2) is 5.82 Å². The lowest BCUT2D eigenvalue weighted by atomic mass is 9.82. The molecule has 2 aliphatic heterocycles. The summed E-state index contributed by atoms with van der Waals surface area (Å²) >= 11 is 0. The minimum atomic E-state index is -0.468. The highest BCUT2D eigenvalue weighted by Crippen LogP contribution is 2.36. The molecule has 0 unspecified atom stereocenters. The van der Waals surface area contributed by atoms with Crippen LogP contribution >= 0.6 is 0 Å². The van der Waals surface area contributed by atoms with E-state index in [1.165, 1.54) is 0 Å². The average molecular weight is 366 g/mol. The second-order valence-corrected chi connectivity index (χ2v) is 8.30. The van der Waals surface area contributed by atoms with Crippen molar-refractivity contribution in [3.05, 3.63) is 42.6 Å². The van der Waals surface area contributed by atoms with E-state index < -0.39 is 5.60 Å². The van der Waals surface area contributed by atoms with E-state index in [0.717, 1.165) is 36.7 Å². The Kier molecular flexibility index (Phi) is 4.50. The number of amides is 1. The number of carbonyl (C=O) groups excluding carboxylic acids is 1. The molecule has 1 aromatic carbocycles. The van der Waals surface area contributed by atoms with Gasteiger partial charge in [-0.2, -0.15) is 0 Å². The first-order valence-electron chi connectivity index (χ1n) is 9.54. The van der Waals surface area contributed by atoms with Gasteiger partial charge in [0.2, 0.25) is 0 Å². The number of benzene rings is 1. The van der Waals surface area contributed by atoms with E-state index >= 15 is 0 Å². The molecule has 2 aliphatic rings. The third-order valence-electron chi connectivity index (χ3n) is 5.17. The third kappa shape index (κ3) is 3.75. The molecule has 4 rings (SSSR count). The molecule has 2 fully saturated rings. The van der Waals surface area contributed by atoms with Crippen LogP contribution in [-0.4, -0.2) is 52.2 Å². The molecule has 1 amide bonds. The van der Waals surface area contributed by atoms with Crippen LogP contribution < -0.4 is 4.90 Å². The minimum Gasteiger partial charge on any atom is -0.444 e. The molecule has 0 N–H and O–H groups in total. The summed E-state index contributed by atoms with van der Waals surface area (Å²) in [5.41, 5.74) is 0.542. The molecule has 0 radical (unpaired) electrons. The molecule has 27 heavy (non-hydrogen) atoms. The van der Waals surface area contributed by atoms with Gasteiger partial charge < -0.3 is 14.5 Å². The Morgan fingerprint density at radius 1 is 1.15 bits per heavy atom. The van der Waals surface area contributed by atoms with E-state index in [0.29, 0.717) is 18.5 Å². The maximum absolute atomic E-state index is 12.4. The van der Waals surface area contributed by atoms with Crippen molar-refractivity contribution < 1.29 is 9.53 Å². The van der Waals surface area contributed by atoms with Gasteiger partial charge in [0.1, 0.15) is 11.4 Å². The monoisotopic (exact) mass is 366 g/mol. The maximum Gasteiger partial charge on any atom is 0.410 e. The van der Waals surface area contributed by atoms with Crippen molar-refractivity contribution >= 4 is 11.9 Å². The van der Waals surface area contributed by atoms with Crippen molar-refractivity contribution in [1.29, 1.82) is 0 Å². The van der Waals surface area contributed by atoms with E-state index in [9.17, 15) is 4.79 Å². The van der Waals surface area contributed by atoms with E-state index in [4.69, 9.17) is 9.72 Å². The Balaban J connectivity index is 1.48. The molecule has 142 valence electrons. The topological polar surface area (TPSA) is 58.6 Å². The van der Waals surface area contributed by atoms with Crippen LogP contribution in [0.15, 0.2) is 42.6 Å². The number of fused-ring (bicyclic) bond motifs is 1. The number of anilines is 1. The molecule has 0 spiro atoms. The fraction of sp³-hybridized carbons (Fsp3) is 0.476. The van der Waals surface area contributed by atoms with Crippen molar-refractivity contribution in [3.8, 4) is 11.4 Å². The van der Waals surface area contributed by atoms with Gasteiger partial charge in [-0.15, -0.1) is 0 Å². The number of carbonyl (C=O) groups is 1. The van der Waals surface area contributed by atoms with Crippen LogP contribution in [0, 0.1) is 5.92 Å². The van der Waals surface area contributed by atoms with Gasteiger partial charge in [0, 0.05) is 37.3 Å². The lowest BCUT2D eigenvalue weighted by molar-refractivity contribution is 0.0106. The average Bonchev–Trinajstić information content (AvgIpc) is 2.62. The van der Waals surface area contributed by atoms with Crippen LogP contribution in [0.4, 0.5) is 10.6 Å². The fourth-order valence-electron chi connectivity index (χ4n) is 3.79. The summed E-state index contributed by atoms with van der Waals surface area (Å²) < 4.78 is 5.55. The number of likely N-dealkylation sites (tertiary alicyclic amines) is 1. The summed E-state index contributed by atoms with van der Waals surface area (Å²) in [6.45, 7) is 8.14. The number of rotatable bonds is 2. The molecular weight excluding hydrogens is 340 g/mol. The quantitative estimate of drug-likeness (QED) is 0.813. The van der Waals surface area contributed by atoms with Gasteiger partial charge in [0.25, 0.3) is 0 Å². The summed E-state index contributed by atoms with van der Waals surface area (Å²) in [4.78, 5) is 25.7. The van der Waals surface area contributed by atoms with E-state index in [1.54, 1.807) is 0 Å².